The molecule has 1 aromatic carbocycles. The maximum Gasteiger partial charge on any atom is 0.387 e. The normalized spacial score (nSPS) is 11.8. The van der Waals surface area contributed by atoms with Gasteiger partial charge >= 0.3 is 6.61 Å². The molecule has 0 saturated heterocycles. The molecule has 0 aliphatic rings. The van der Waals surface area contributed by atoms with Crippen LogP contribution in [0, 0.1) is 0 Å². The fourth-order valence-corrected chi connectivity index (χ4v) is 2.42. The number of aromatic nitrogens is 1. The number of oxazole rings is 1. The predicted octanol–water partition coefficient (Wildman–Crippen LogP) is 4.46. The van der Waals surface area contributed by atoms with Crippen molar-refractivity contribution in [2.75, 3.05) is 13.7 Å². The Bertz CT molecular complexity index is 823. The fourth-order valence-electron chi connectivity index (χ4n) is 2.42. The molecule has 0 aliphatic heterocycles. The van der Waals surface area contributed by atoms with Gasteiger partial charge in [-0.1, -0.05) is 26.8 Å². The van der Waals surface area contributed by atoms with Crippen LogP contribution in [0.1, 0.15) is 44.9 Å². The zero-order chi connectivity index (χ0) is 21.4. The Kier molecular flexibility index (Phi) is 10.3. The molecule has 0 saturated carbocycles. The maximum absolute atomic E-state index is 12.6. The van der Waals surface area contributed by atoms with Crippen LogP contribution in [-0.2, 0) is 18.5 Å². The lowest BCUT2D eigenvalue weighted by Crippen LogP contribution is -2.36. The molecule has 0 unspecified atom stereocenters. The van der Waals surface area contributed by atoms with Gasteiger partial charge in [-0.25, -0.2) is 9.98 Å². The summed E-state index contributed by atoms with van der Waals surface area (Å²) in [6.07, 6.45) is 1.73. The van der Waals surface area contributed by atoms with Crippen LogP contribution in [-0.4, -0.2) is 31.2 Å². The van der Waals surface area contributed by atoms with E-state index >= 15 is 0 Å². The largest absolute Gasteiger partial charge is 0.493 e. The zero-order valence-corrected chi connectivity index (χ0v) is 20.1. The van der Waals surface area contributed by atoms with E-state index in [1.165, 1.54) is 13.2 Å². The van der Waals surface area contributed by atoms with Crippen molar-refractivity contribution in [2.24, 2.45) is 4.99 Å². The summed E-state index contributed by atoms with van der Waals surface area (Å²) in [6, 6.07) is 4.80. The van der Waals surface area contributed by atoms with E-state index < -0.39 is 6.61 Å². The quantitative estimate of drug-likeness (QED) is 0.294. The average molecular weight is 538 g/mol. The van der Waals surface area contributed by atoms with Crippen LogP contribution in [0.5, 0.6) is 11.5 Å². The third-order valence-electron chi connectivity index (χ3n) is 3.91. The van der Waals surface area contributed by atoms with Gasteiger partial charge in [0.25, 0.3) is 0 Å². The van der Waals surface area contributed by atoms with Gasteiger partial charge in [-0.3, -0.25) is 0 Å². The van der Waals surface area contributed by atoms with E-state index in [0.717, 1.165) is 5.76 Å². The van der Waals surface area contributed by atoms with Crippen LogP contribution < -0.4 is 20.1 Å². The summed E-state index contributed by atoms with van der Waals surface area (Å²) in [6.45, 7) is 6.46. The summed E-state index contributed by atoms with van der Waals surface area (Å²) in [5.74, 6) is 2.12. The number of rotatable bonds is 8. The number of nitrogens with zero attached hydrogens (tertiary/aromatic N) is 2. The van der Waals surface area contributed by atoms with Gasteiger partial charge in [-0.15, -0.1) is 24.0 Å². The van der Waals surface area contributed by atoms with E-state index in [2.05, 4.69) is 46.1 Å². The smallest absolute Gasteiger partial charge is 0.387 e. The van der Waals surface area contributed by atoms with Crippen molar-refractivity contribution in [1.82, 2.24) is 15.6 Å². The molecule has 0 atom stereocenters. The van der Waals surface area contributed by atoms with Crippen LogP contribution >= 0.6 is 24.0 Å². The molecule has 0 bridgehead atoms. The minimum absolute atomic E-state index is 0. The highest BCUT2D eigenvalue weighted by molar-refractivity contribution is 14.0. The van der Waals surface area contributed by atoms with Gasteiger partial charge in [-0.05, 0) is 24.6 Å². The van der Waals surface area contributed by atoms with Gasteiger partial charge in [0.2, 0.25) is 5.89 Å². The van der Waals surface area contributed by atoms with Crippen molar-refractivity contribution in [2.45, 2.75) is 52.8 Å². The van der Waals surface area contributed by atoms with E-state index in [0.29, 0.717) is 30.5 Å². The lowest BCUT2D eigenvalue weighted by molar-refractivity contribution is -0.0512. The standard InChI is InChI=1S/C20H28F2N4O3.HI/c1-6-23-19(26-12-17-24-11-16(29-17)20(2,3)4)25-10-13-7-8-14(27-5)15(9-13)28-18(21)22;/h7-9,11,18H,6,10,12H2,1-5H3,(H2,23,25,26);1H. The number of benzene rings is 1. The maximum atomic E-state index is 12.6. The summed E-state index contributed by atoms with van der Waals surface area (Å²) in [7, 11) is 1.40. The number of ether oxygens (including phenoxy) is 2. The van der Waals surface area contributed by atoms with E-state index in [9.17, 15) is 8.78 Å². The molecule has 168 valence electrons. The number of halogens is 3. The predicted molar refractivity (Wildman–Crippen MR) is 122 cm³/mol. The molecule has 1 heterocycles. The van der Waals surface area contributed by atoms with Crippen LogP contribution in [0.25, 0.3) is 0 Å². The molecule has 7 nitrogen and oxygen atoms in total. The number of methoxy groups -OCH3 is 1. The van der Waals surface area contributed by atoms with Crippen molar-refractivity contribution in [1.29, 1.82) is 0 Å². The zero-order valence-electron chi connectivity index (χ0n) is 17.8. The summed E-state index contributed by atoms with van der Waals surface area (Å²) >= 11 is 0. The Morgan fingerprint density at radius 3 is 2.53 bits per heavy atom. The van der Waals surface area contributed by atoms with Gasteiger partial charge in [0, 0.05) is 12.0 Å². The molecule has 0 spiro atoms. The Morgan fingerprint density at radius 1 is 1.23 bits per heavy atom. The number of aliphatic imine (C=N–C) groups is 1. The molecule has 30 heavy (non-hydrogen) atoms. The van der Waals surface area contributed by atoms with E-state index in [4.69, 9.17) is 9.15 Å². The second-order valence-electron chi connectivity index (χ2n) is 7.28. The first-order chi connectivity index (χ1) is 13.7. The van der Waals surface area contributed by atoms with Crippen molar-refractivity contribution in [3.63, 3.8) is 0 Å². The number of nitrogens with one attached hydrogen (secondary N) is 2. The number of guanidine groups is 1. The molecule has 1 aromatic heterocycles. The third-order valence-corrected chi connectivity index (χ3v) is 3.91. The molecule has 10 heteroatoms. The average Bonchev–Trinajstić information content (AvgIpc) is 3.13. The highest BCUT2D eigenvalue weighted by Gasteiger charge is 2.19. The second kappa shape index (κ2) is 11.9. The minimum atomic E-state index is -2.93. The molecular formula is C20H29F2IN4O3. The van der Waals surface area contributed by atoms with Crippen LogP contribution in [0.3, 0.4) is 0 Å². The van der Waals surface area contributed by atoms with Crippen molar-refractivity contribution >= 4 is 29.9 Å². The third kappa shape index (κ3) is 7.96. The first-order valence-electron chi connectivity index (χ1n) is 9.32. The van der Waals surface area contributed by atoms with Gasteiger partial charge < -0.3 is 24.5 Å². The van der Waals surface area contributed by atoms with Gasteiger partial charge in [0.1, 0.15) is 5.76 Å². The number of hydrogen-bond acceptors (Lipinski definition) is 5. The lowest BCUT2D eigenvalue weighted by Gasteiger charge is -2.13. The number of hydrogen-bond donors (Lipinski definition) is 2. The Morgan fingerprint density at radius 2 is 1.97 bits per heavy atom. The fraction of sp³-hybridized carbons (Fsp3) is 0.500. The summed E-state index contributed by atoms with van der Waals surface area (Å²) in [5, 5.41) is 6.27. The van der Waals surface area contributed by atoms with Gasteiger partial charge in [0.15, 0.2) is 17.5 Å². The molecule has 2 N–H and O–H groups in total. The molecule has 0 aliphatic carbocycles. The number of alkyl halides is 2. The second-order valence-corrected chi connectivity index (χ2v) is 7.28. The minimum Gasteiger partial charge on any atom is -0.493 e. The molecular weight excluding hydrogens is 509 g/mol. The first kappa shape index (κ1) is 25.9. The van der Waals surface area contributed by atoms with E-state index in [1.54, 1.807) is 18.3 Å². The molecule has 0 radical (unpaired) electrons. The van der Waals surface area contributed by atoms with E-state index in [-0.39, 0.29) is 47.4 Å². The highest BCUT2D eigenvalue weighted by Crippen LogP contribution is 2.29. The molecule has 2 rings (SSSR count). The van der Waals surface area contributed by atoms with Crippen LogP contribution in [0.2, 0.25) is 0 Å². The Hall–Kier alpha value is -2.11. The molecule has 2 aromatic rings. The SMILES string of the molecule is CCNC(=NCc1ccc(OC)c(OC(F)F)c1)NCc1ncc(C(C)(C)C)o1.I. The topological polar surface area (TPSA) is 80.9 Å². The van der Waals surface area contributed by atoms with E-state index in [1.807, 2.05) is 6.92 Å². The van der Waals surface area contributed by atoms with Crippen LogP contribution in [0.4, 0.5) is 8.78 Å². The van der Waals surface area contributed by atoms with Crippen LogP contribution in [0.15, 0.2) is 33.8 Å². The molecule has 0 amide bonds. The lowest BCUT2D eigenvalue weighted by atomic mass is 9.94. The first-order valence-corrected chi connectivity index (χ1v) is 9.32. The highest BCUT2D eigenvalue weighted by atomic mass is 127. The Balaban J connectivity index is 0.00000450. The Labute approximate surface area is 192 Å². The van der Waals surface area contributed by atoms with Crippen molar-refractivity contribution in [3.05, 3.63) is 41.6 Å². The van der Waals surface area contributed by atoms with Gasteiger partial charge in [0.05, 0.1) is 26.4 Å². The van der Waals surface area contributed by atoms with Crippen molar-refractivity contribution < 1.29 is 22.7 Å². The summed E-state index contributed by atoms with van der Waals surface area (Å²) in [4.78, 5) is 8.75. The molecule has 0 fully saturated rings. The summed E-state index contributed by atoms with van der Waals surface area (Å²) < 4.78 is 40.5. The summed E-state index contributed by atoms with van der Waals surface area (Å²) in [5.41, 5.74) is 0.584. The van der Waals surface area contributed by atoms with Crippen molar-refractivity contribution in [3.8, 4) is 11.5 Å². The monoisotopic (exact) mass is 538 g/mol. The van der Waals surface area contributed by atoms with Gasteiger partial charge in [-0.2, -0.15) is 8.78 Å².